The van der Waals surface area contributed by atoms with Crippen molar-refractivity contribution in [2.75, 3.05) is 13.2 Å². The fraction of sp³-hybridized carbons (Fsp3) is 0.211. The normalized spacial score (nSPS) is 18.8. The average molecular weight is 354 g/mol. The zero-order valence-electron chi connectivity index (χ0n) is 13.9. The Morgan fingerprint density at radius 1 is 1.27 bits per heavy atom. The van der Waals surface area contributed by atoms with E-state index in [2.05, 4.69) is 5.32 Å². The van der Waals surface area contributed by atoms with Crippen molar-refractivity contribution in [3.8, 4) is 5.75 Å². The van der Waals surface area contributed by atoms with Gasteiger partial charge in [0.15, 0.2) is 0 Å². The van der Waals surface area contributed by atoms with Gasteiger partial charge in [0.05, 0.1) is 18.1 Å². The third kappa shape index (κ3) is 3.89. The molecule has 0 saturated carbocycles. The summed E-state index contributed by atoms with van der Waals surface area (Å²) in [6.07, 6.45) is 3.27. The molecular formula is C19H18N2O5. The van der Waals surface area contributed by atoms with Crippen molar-refractivity contribution in [3.05, 3.63) is 75.8 Å². The Morgan fingerprint density at radius 3 is 2.73 bits per heavy atom. The van der Waals surface area contributed by atoms with Crippen LogP contribution in [0, 0.1) is 10.1 Å². The van der Waals surface area contributed by atoms with Crippen molar-refractivity contribution >= 4 is 17.7 Å². The minimum Gasteiger partial charge on any atom is -0.493 e. The highest BCUT2D eigenvalue weighted by molar-refractivity contribution is 5.91. The molecule has 0 fully saturated rings. The number of nitro groups is 1. The fourth-order valence-corrected chi connectivity index (χ4v) is 2.80. The lowest BCUT2D eigenvalue weighted by atomic mass is 9.88. The molecular weight excluding hydrogens is 336 g/mol. The summed E-state index contributed by atoms with van der Waals surface area (Å²) in [5.41, 5.74) is 0.143. The molecule has 1 amide bonds. The summed E-state index contributed by atoms with van der Waals surface area (Å²) in [5.74, 6) is 0.262. The number of ether oxygens (including phenoxy) is 1. The zero-order valence-corrected chi connectivity index (χ0v) is 13.9. The highest BCUT2D eigenvalue weighted by Gasteiger charge is 2.35. The summed E-state index contributed by atoms with van der Waals surface area (Å²) in [7, 11) is 0. The number of nitro benzene ring substituents is 1. The third-order valence-corrected chi connectivity index (χ3v) is 4.25. The summed E-state index contributed by atoms with van der Waals surface area (Å²) in [4.78, 5) is 22.2. The van der Waals surface area contributed by atoms with E-state index in [1.165, 1.54) is 18.2 Å². The minimum absolute atomic E-state index is 0.00740. The quantitative estimate of drug-likeness (QED) is 0.488. The van der Waals surface area contributed by atoms with Crippen LogP contribution in [0.2, 0.25) is 0 Å². The Hall–Kier alpha value is -3.19. The summed E-state index contributed by atoms with van der Waals surface area (Å²) >= 11 is 0. The van der Waals surface area contributed by atoms with Crippen LogP contribution in [0.1, 0.15) is 17.5 Å². The SMILES string of the molecule is O=C(/C=C/c1ccc([N+](=O)[O-])cc1)NCC1(O)CCOc2ccccc21. The van der Waals surface area contributed by atoms with Crippen LogP contribution in [-0.2, 0) is 10.4 Å². The number of carbonyl (C=O) groups is 1. The standard InChI is InChI=1S/C19H18N2O5/c22-18(10-7-14-5-8-15(9-6-14)21(24)25)20-13-19(23)11-12-26-17-4-2-1-3-16(17)19/h1-10,23H,11-13H2,(H,20,22)/b10-7+. The van der Waals surface area contributed by atoms with Gasteiger partial charge in [-0.2, -0.15) is 0 Å². The second-order valence-corrected chi connectivity index (χ2v) is 6.03. The monoisotopic (exact) mass is 354 g/mol. The molecule has 0 spiro atoms. The number of benzene rings is 2. The topological polar surface area (TPSA) is 102 Å². The zero-order chi connectivity index (χ0) is 18.6. The van der Waals surface area contributed by atoms with Gasteiger partial charge in [0.1, 0.15) is 11.4 Å². The van der Waals surface area contributed by atoms with E-state index in [1.54, 1.807) is 30.3 Å². The molecule has 0 radical (unpaired) electrons. The lowest BCUT2D eigenvalue weighted by Gasteiger charge is -2.34. The molecule has 134 valence electrons. The molecule has 2 N–H and O–H groups in total. The van der Waals surface area contributed by atoms with Crippen molar-refractivity contribution in [1.82, 2.24) is 5.32 Å². The predicted molar refractivity (Wildman–Crippen MR) is 95.6 cm³/mol. The molecule has 0 bridgehead atoms. The molecule has 1 heterocycles. The maximum atomic E-state index is 12.0. The van der Waals surface area contributed by atoms with Crippen LogP contribution in [-0.4, -0.2) is 29.1 Å². The van der Waals surface area contributed by atoms with E-state index in [1.807, 2.05) is 12.1 Å². The first-order valence-electron chi connectivity index (χ1n) is 8.13. The van der Waals surface area contributed by atoms with Gasteiger partial charge in [0.2, 0.25) is 5.91 Å². The van der Waals surface area contributed by atoms with Gasteiger partial charge in [-0.25, -0.2) is 0 Å². The van der Waals surface area contributed by atoms with Crippen LogP contribution in [0.15, 0.2) is 54.6 Å². The van der Waals surface area contributed by atoms with Crippen molar-refractivity contribution in [2.45, 2.75) is 12.0 Å². The number of carbonyl (C=O) groups excluding carboxylic acids is 1. The first-order chi connectivity index (χ1) is 12.5. The summed E-state index contributed by atoms with van der Waals surface area (Å²) in [5, 5.41) is 24.2. The number of rotatable bonds is 5. The molecule has 1 aliphatic rings. The van der Waals surface area contributed by atoms with Gasteiger partial charge in [-0.1, -0.05) is 18.2 Å². The molecule has 1 aliphatic heterocycles. The van der Waals surface area contributed by atoms with Gasteiger partial charge >= 0.3 is 0 Å². The highest BCUT2D eigenvalue weighted by Crippen LogP contribution is 2.36. The summed E-state index contributed by atoms with van der Waals surface area (Å²) in [6, 6.07) is 13.1. The van der Waals surface area contributed by atoms with E-state index >= 15 is 0 Å². The Bertz CT molecular complexity index is 847. The second kappa shape index (κ2) is 7.37. The molecule has 1 atom stereocenters. The number of nitrogens with zero attached hydrogens (tertiary/aromatic N) is 1. The molecule has 2 aromatic carbocycles. The first kappa shape index (κ1) is 17.6. The molecule has 2 aromatic rings. The number of hydrogen-bond acceptors (Lipinski definition) is 5. The number of hydrogen-bond donors (Lipinski definition) is 2. The van der Waals surface area contributed by atoms with Crippen LogP contribution in [0.3, 0.4) is 0 Å². The van der Waals surface area contributed by atoms with E-state index in [-0.39, 0.29) is 18.1 Å². The van der Waals surface area contributed by atoms with Crippen LogP contribution in [0.4, 0.5) is 5.69 Å². The number of amides is 1. The van der Waals surface area contributed by atoms with E-state index in [9.17, 15) is 20.0 Å². The van der Waals surface area contributed by atoms with Gasteiger partial charge in [-0.3, -0.25) is 14.9 Å². The largest absolute Gasteiger partial charge is 0.493 e. The Balaban J connectivity index is 1.61. The third-order valence-electron chi connectivity index (χ3n) is 4.25. The minimum atomic E-state index is -1.17. The maximum absolute atomic E-state index is 12.0. The van der Waals surface area contributed by atoms with Gasteiger partial charge in [0.25, 0.3) is 5.69 Å². The molecule has 0 aromatic heterocycles. The van der Waals surface area contributed by atoms with E-state index in [4.69, 9.17) is 4.74 Å². The Labute approximate surface area is 150 Å². The van der Waals surface area contributed by atoms with Crippen molar-refractivity contribution < 1.29 is 19.6 Å². The average Bonchev–Trinajstić information content (AvgIpc) is 2.65. The number of nitrogens with one attached hydrogen (secondary N) is 1. The number of para-hydroxylation sites is 1. The van der Waals surface area contributed by atoms with E-state index in [0.29, 0.717) is 29.9 Å². The molecule has 26 heavy (non-hydrogen) atoms. The van der Waals surface area contributed by atoms with Crippen LogP contribution >= 0.6 is 0 Å². The smallest absolute Gasteiger partial charge is 0.269 e. The van der Waals surface area contributed by atoms with E-state index in [0.717, 1.165) is 0 Å². The van der Waals surface area contributed by atoms with Gasteiger partial charge in [-0.05, 0) is 29.8 Å². The lowest BCUT2D eigenvalue weighted by molar-refractivity contribution is -0.384. The molecule has 0 aliphatic carbocycles. The van der Waals surface area contributed by atoms with Crippen LogP contribution in [0.25, 0.3) is 6.08 Å². The molecule has 3 rings (SSSR count). The molecule has 7 nitrogen and oxygen atoms in total. The first-order valence-corrected chi connectivity index (χ1v) is 8.13. The summed E-state index contributed by atoms with van der Waals surface area (Å²) < 4.78 is 5.52. The lowest BCUT2D eigenvalue weighted by Crippen LogP contribution is -2.43. The maximum Gasteiger partial charge on any atom is 0.269 e. The molecule has 0 saturated heterocycles. The molecule has 7 heteroatoms. The van der Waals surface area contributed by atoms with Gasteiger partial charge in [0, 0.05) is 30.2 Å². The van der Waals surface area contributed by atoms with Crippen LogP contribution in [0.5, 0.6) is 5.75 Å². The van der Waals surface area contributed by atoms with Crippen LogP contribution < -0.4 is 10.1 Å². The highest BCUT2D eigenvalue weighted by atomic mass is 16.6. The number of fused-ring (bicyclic) bond motifs is 1. The predicted octanol–water partition coefficient (Wildman–Crippen LogP) is 2.39. The number of aliphatic hydroxyl groups is 1. The van der Waals surface area contributed by atoms with Crippen molar-refractivity contribution in [1.29, 1.82) is 0 Å². The Kier molecular flexibility index (Phi) is 4.99. The van der Waals surface area contributed by atoms with E-state index < -0.39 is 10.5 Å². The van der Waals surface area contributed by atoms with Crippen molar-refractivity contribution in [2.24, 2.45) is 0 Å². The van der Waals surface area contributed by atoms with Gasteiger partial charge < -0.3 is 15.2 Å². The summed E-state index contributed by atoms with van der Waals surface area (Å²) in [6.45, 7) is 0.443. The number of non-ortho nitro benzene ring substituents is 1. The second-order valence-electron chi connectivity index (χ2n) is 6.03. The van der Waals surface area contributed by atoms with Crippen molar-refractivity contribution in [3.63, 3.8) is 0 Å². The fourth-order valence-electron chi connectivity index (χ4n) is 2.80. The van der Waals surface area contributed by atoms with Gasteiger partial charge in [-0.15, -0.1) is 0 Å². The molecule has 1 unspecified atom stereocenters. The Morgan fingerprint density at radius 2 is 2.00 bits per heavy atom.